The molecule has 1 aliphatic rings. The number of benzene rings is 1. The summed E-state index contributed by atoms with van der Waals surface area (Å²) in [5.41, 5.74) is 0.970. The van der Waals surface area contributed by atoms with Crippen molar-refractivity contribution in [3.8, 4) is 5.75 Å². The predicted octanol–water partition coefficient (Wildman–Crippen LogP) is 4.20. The molecule has 110 valence electrons. The van der Waals surface area contributed by atoms with E-state index in [1.165, 1.54) is 0 Å². The smallest absolute Gasteiger partial charge is 0.151 e. The van der Waals surface area contributed by atoms with Crippen LogP contribution in [0.15, 0.2) is 22.7 Å². The monoisotopic (exact) mass is 374 g/mol. The molecule has 1 fully saturated rings. The maximum absolute atomic E-state index is 12.6. The van der Waals surface area contributed by atoms with Crippen molar-refractivity contribution in [1.29, 1.82) is 0 Å². The number of ketones is 1. The molecule has 2 rings (SSSR count). The highest BCUT2D eigenvalue weighted by molar-refractivity contribution is 9.10. The van der Waals surface area contributed by atoms with Crippen LogP contribution in [-0.2, 0) is 11.2 Å². The fourth-order valence-corrected chi connectivity index (χ4v) is 5.82. The second kappa shape index (κ2) is 7.76. The number of carbonyl (C=O) groups excluding carboxylic acids is 1. The Morgan fingerprint density at radius 3 is 2.85 bits per heavy atom. The number of ether oxygens (including phenoxy) is 1. The number of hydrogen-bond acceptors (Lipinski definition) is 4. The molecule has 0 aromatic heterocycles. The van der Waals surface area contributed by atoms with E-state index in [4.69, 9.17) is 4.74 Å². The van der Waals surface area contributed by atoms with E-state index in [-0.39, 0.29) is 5.25 Å². The van der Waals surface area contributed by atoms with E-state index in [1.54, 1.807) is 7.11 Å². The Morgan fingerprint density at radius 2 is 2.15 bits per heavy atom. The Kier molecular flexibility index (Phi) is 6.30. The first-order chi connectivity index (χ1) is 9.65. The average molecular weight is 375 g/mol. The third kappa shape index (κ3) is 3.95. The van der Waals surface area contributed by atoms with Gasteiger partial charge in [0, 0.05) is 33.2 Å². The van der Waals surface area contributed by atoms with Crippen molar-refractivity contribution in [1.82, 2.24) is 0 Å². The largest absolute Gasteiger partial charge is 0.496 e. The van der Waals surface area contributed by atoms with Gasteiger partial charge in [0.15, 0.2) is 5.78 Å². The van der Waals surface area contributed by atoms with Crippen LogP contribution in [0.1, 0.15) is 18.9 Å². The molecular formula is C15H19BrO2S2. The van der Waals surface area contributed by atoms with Crippen LogP contribution in [0.2, 0.25) is 0 Å². The lowest BCUT2D eigenvalue weighted by Crippen LogP contribution is -2.33. The summed E-state index contributed by atoms with van der Waals surface area (Å²) in [4.78, 5) is 12.6. The third-order valence-electron chi connectivity index (χ3n) is 3.38. The van der Waals surface area contributed by atoms with Gasteiger partial charge in [-0.3, -0.25) is 4.79 Å². The first-order valence-corrected chi connectivity index (χ1v) is 9.63. The fraction of sp³-hybridized carbons (Fsp3) is 0.533. The Balaban J connectivity index is 2.12. The SMILES string of the molecule is CCC1SCCSC1C(=O)Cc1cc(Br)ccc1OC. The summed E-state index contributed by atoms with van der Waals surface area (Å²) in [7, 11) is 1.65. The number of rotatable bonds is 5. The lowest BCUT2D eigenvalue weighted by atomic mass is 10.0. The van der Waals surface area contributed by atoms with Crippen LogP contribution in [0.3, 0.4) is 0 Å². The number of methoxy groups -OCH3 is 1. The Labute approximate surface area is 137 Å². The highest BCUT2D eigenvalue weighted by atomic mass is 79.9. The molecule has 20 heavy (non-hydrogen) atoms. The Bertz CT molecular complexity index is 479. The lowest BCUT2D eigenvalue weighted by Gasteiger charge is -2.28. The number of Topliss-reactive ketones (excluding diaryl/α,β-unsaturated/α-hetero) is 1. The number of carbonyl (C=O) groups is 1. The molecule has 0 bridgehead atoms. The average Bonchev–Trinajstić information content (AvgIpc) is 2.47. The van der Waals surface area contributed by atoms with Crippen LogP contribution in [0.25, 0.3) is 0 Å². The molecule has 0 saturated carbocycles. The molecule has 1 aliphatic heterocycles. The first kappa shape index (κ1) is 16.2. The maximum Gasteiger partial charge on any atom is 0.151 e. The molecule has 0 spiro atoms. The standard InChI is InChI=1S/C15H19BrO2S2/c1-3-14-15(20-7-6-19-14)12(17)9-10-8-11(16)4-5-13(10)18-2/h4-5,8,14-15H,3,6-7,9H2,1-2H3. The molecule has 2 atom stereocenters. The molecule has 0 amide bonds. The summed E-state index contributed by atoms with van der Waals surface area (Å²) in [6.45, 7) is 2.17. The van der Waals surface area contributed by atoms with Crippen molar-refractivity contribution in [2.24, 2.45) is 0 Å². The van der Waals surface area contributed by atoms with E-state index >= 15 is 0 Å². The van der Waals surface area contributed by atoms with Gasteiger partial charge < -0.3 is 4.74 Å². The van der Waals surface area contributed by atoms with E-state index in [9.17, 15) is 4.79 Å². The highest BCUT2D eigenvalue weighted by Gasteiger charge is 2.31. The van der Waals surface area contributed by atoms with Crippen molar-refractivity contribution in [3.05, 3.63) is 28.2 Å². The minimum absolute atomic E-state index is 0.127. The normalized spacial score (nSPS) is 22.6. The van der Waals surface area contributed by atoms with Crippen LogP contribution in [0.5, 0.6) is 5.75 Å². The molecule has 1 heterocycles. The van der Waals surface area contributed by atoms with Crippen LogP contribution >= 0.6 is 39.5 Å². The van der Waals surface area contributed by atoms with Crippen molar-refractivity contribution >= 4 is 45.2 Å². The van der Waals surface area contributed by atoms with Gasteiger partial charge in [0.05, 0.1) is 12.4 Å². The Morgan fingerprint density at radius 1 is 1.40 bits per heavy atom. The van der Waals surface area contributed by atoms with E-state index in [2.05, 4.69) is 22.9 Å². The van der Waals surface area contributed by atoms with Crippen molar-refractivity contribution in [2.45, 2.75) is 30.3 Å². The highest BCUT2D eigenvalue weighted by Crippen LogP contribution is 2.35. The van der Waals surface area contributed by atoms with Gasteiger partial charge in [-0.05, 0) is 24.6 Å². The van der Waals surface area contributed by atoms with Gasteiger partial charge in [-0.1, -0.05) is 22.9 Å². The first-order valence-electron chi connectivity index (χ1n) is 6.74. The summed E-state index contributed by atoms with van der Waals surface area (Å²) in [5.74, 6) is 3.36. The lowest BCUT2D eigenvalue weighted by molar-refractivity contribution is -0.118. The zero-order valence-corrected chi connectivity index (χ0v) is 14.9. The van der Waals surface area contributed by atoms with Crippen LogP contribution < -0.4 is 4.74 Å². The van der Waals surface area contributed by atoms with Crippen LogP contribution in [0, 0.1) is 0 Å². The van der Waals surface area contributed by atoms with Gasteiger partial charge >= 0.3 is 0 Å². The van der Waals surface area contributed by atoms with Crippen LogP contribution in [0.4, 0.5) is 0 Å². The van der Waals surface area contributed by atoms with E-state index in [0.717, 1.165) is 33.7 Å². The minimum Gasteiger partial charge on any atom is -0.496 e. The van der Waals surface area contributed by atoms with Gasteiger partial charge in [-0.2, -0.15) is 11.8 Å². The molecule has 1 saturated heterocycles. The molecule has 0 aliphatic carbocycles. The summed E-state index contributed by atoms with van der Waals surface area (Å²) < 4.78 is 6.34. The molecule has 2 nitrogen and oxygen atoms in total. The Hall–Kier alpha value is -0.130. The molecule has 0 N–H and O–H groups in total. The third-order valence-corrected chi connectivity index (χ3v) is 7.16. The van der Waals surface area contributed by atoms with Crippen LogP contribution in [-0.4, -0.2) is 34.9 Å². The summed E-state index contributed by atoms with van der Waals surface area (Å²) in [5, 5.41) is 0.585. The summed E-state index contributed by atoms with van der Waals surface area (Å²) in [6, 6.07) is 5.83. The van der Waals surface area contributed by atoms with Crippen molar-refractivity contribution < 1.29 is 9.53 Å². The van der Waals surface area contributed by atoms with Gasteiger partial charge in [0.25, 0.3) is 0 Å². The van der Waals surface area contributed by atoms with Crippen molar-refractivity contribution in [2.75, 3.05) is 18.6 Å². The molecule has 1 aromatic rings. The maximum atomic E-state index is 12.6. The number of halogens is 1. The van der Waals surface area contributed by atoms with Gasteiger partial charge in [-0.15, -0.1) is 11.8 Å². The second-order valence-corrected chi connectivity index (χ2v) is 8.22. The molecule has 2 unspecified atom stereocenters. The fourth-order valence-electron chi connectivity index (χ4n) is 2.38. The quantitative estimate of drug-likeness (QED) is 0.771. The van der Waals surface area contributed by atoms with Crippen molar-refractivity contribution in [3.63, 3.8) is 0 Å². The van der Waals surface area contributed by atoms with E-state index in [0.29, 0.717) is 17.5 Å². The predicted molar refractivity (Wildman–Crippen MR) is 92.2 cm³/mol. The molecule has 1 aromatic carbocycles. The summed E-state index contributed by atoms with van der Waals surface area (Å²) in [6.07, 6.45) is 1.51. The molecular weight excluding hydrogens is 356 g/mol. The molecule has 5 heteroatoms. The number of thioether (sulfide) groups is 2. The second-order valence-electron chi connectivity index (χ2n) is 4.71. The summed E-state index contributed by atoms with van der Waals surface area (Å²) >= 11 is 7.22. The van der Waals surface area contributed by atoms with Gasteiger partial charge in [-0.25, -0.2) is 0 Å². The van der Waals surface area contributed by atoms with E-state index in [1.807, 2.05) is 41.7 Å². The van der Waals surface area contributed by atoms with Gasteiger partial charge in [0.2, 0.25) is 0 Å². The zero-order chi connectivity index (χ0) is 14.5. The molecule has 0 radical (unpaired) electrons. The minimum atomic E-state index is 0.127. The number of hydrogen-bond donors (Lipinski definition) is 0. The van der Waals surface area contributed by atoms with Gasteiger partial charge in [0.1, 0.15) is 5.75 Å². The topological polar surface area (TPSA) is 26.3 Å². The van der Waals surface area contributed by atoms with E-state index < -0.39 is 0 Å². The zero-order valence-electron chi connectivity index (χ0n) is 11.7.